The molecule has 2 saturated carbocycles. The maximum Gasteiger partial charge on any atom is 0.203 e. The molecular weight excluding hydrogens is 568 g/mol. The molecule has 4 N–H and O–H groups in total. The third-order valence-electron chi connectivity index (χ3n) is 11.2. The van der Waals surface area contributed by atoms with Crippen molar-refractivity contribution in [1.29, 1.82) is 0 Å². The third-order valence-corrected chi connectivity index (χ3v) is 11.2. The van der Waals surface area contributed by atoms with E-state index in [2.05, 4.69) is 25.1 Å². The number of aromatic hydroxyl groups is 1. The second-order valence-corrected chi connectivity index (χ2v) is 14.6. The van der Waals surface area contributed by atoms with Gasteiger partial charge in [0.15, 0.2) is 17.2 Å². The van der Waals surface area contributed by atoms with Gasteiger partial charge in [-0.1, -0.05) is 76.6 Å². The molecule has 4 aliphatic carbocycles. The molecule has 6 rings (SSSR count). The fourth-order valence-electron chi connectivity index (χ4n) is 9.22. The van der Waals surface area contributed by atoms with Gasteiger partial charge in [0.2, 0.25) is 5.78 Å². The standard InChI is InChI=1S/C38H42O7/c1-19(2)30-32(41)28(21(4)39)34(43)38(45)35(44)31-33(42)29-26(17-36(31,5)18-37(30,38)6)25(14-15-27(29)40)23-12-10-22(11-13-23)16-24-9-7-8-20(24)3/h10-16,19-20,30,40,42-43,45H,7-9,17-18H2,1-6H3/t20?,30?,36-,37-,38+/m1/s1. The summed E-state index contributed by atoms with van der Waals surface area (Å²) in [5.74, 6) is -4.67. The number of ketones is 3. The van der Waals surface area contributed by atoms with Crippen LogP contribution in [-0.4, -0.2) is 43.4 Å². The summed E-state index contributed by atoms with van der Waals surface area (Å²) >= 11 is 0. The van der Waals surface area contributed by atoms with Gasteiger partial charge in [-0.15, -0.1) is 0 Å². The van der Waals surface area contributed by atoms with E-state index in [1.807, 2.05) is 19.1 Å². The highest BCUT2D eigenvalue weighted by Crippen LogP contribution is 2.65. The fourth-order valence-corrected chi connectivity index (χ4v) is 9.22. The third kappa shape index (κ3) is 4.23. The Morgan fingerprint density at radius 3 is 2.27 bits per heavy atom. The molecule has 0 amide bonds. The summed E-state index contributed by atoms with van der Waals surface area (Å²) in [6.07, 6.45) is 6.07. The molecule has 2 aromatic carbocycles. The second-order valence-electron chi connectivity index (χ2n) is 14.6. The number of carbonyl (C=O) groups excluding carboxylic acids is 3. The Kier molecular flexibility index (Phi) is 7.09. The van der Waals surface area contributed by atoms with Crippen molar-refractivity contribution in [2.24, 2.45) is 28.6 Å². The number of hydrogen-bond donors (Lipinski definition) is 4. The van der Waals surface area contributed by atoms with Crippen molar-refractivity contribution in [1.82, 2.24) is 0 Å². The number of Topliss-reactive ketones (excluding diaryl/α,β-unsaturated/α-hetero) is 3. The summed E-state index contributed by atoms with van der Waals surface area (Å²) in [6, 6.07) is 11.4. The smallest absolute Gasteiger partial charge is 0.203 e. The number of carbonyl (C=O) groups is 3. The Bertz CT molecular complexity index is 1760. The monoisotopic (exact) mass is 610 g/mol. The predicted molar refractivity (Wildman–Crippen MR) is 172 cm³/mol. The highest BCUT2D eigenvalue weighted by Gasteiger charge is 2.72. The zero-order valence-corrected chi connectivity index (χ0v) is 26.8. The molecule has 236 valence electrons. The van der Waals surface area contributed by atoms with Crippen LogP contribution < -0.4 is 0 Å². The summed E-state index contributed by atoms with van der Waals surface area (Å²) in [5, 5.41) is 46.4. The highest BCUT2D eigenvalue weighted by molar-refractivity contribution is 6.24. The number of phenols is 1. The van der Waals surface area contributed by atoms with Gasteiger partial charge in [-0.2, -0.15) is 0 Å². The molecule has 2 unspecified atom stereocenters. The Morgan fingerprint density at radius 1 is 1.02 bits per heavy atom. The molecule has 0 saturated heterocycles. The molecule has 0 aromatic heterocycles. The minimum absolute atomic E-state index is 0.0602. The normalized spacial score (nSPS) is 32.2. The van der Waals surface area contributed by atoms with E-state index < -0.39 is 56.8 Å². The summed E-state index contributed by atoms with van der Waals surface area (Å²) in [5.41, 5.74) is -0.872. The molecule has 7 nitrogen and oxygen atoms in total. The molecule has 0 radical (unpaired) electrons. The van der Waals surface area contributed by atoms with Crippen molar-refractivity contribution < 1.29 is 34.8 Å². The first kappa shape index (κ1) is 31.0. The molecule has 5 atom stereocenters. The average Bonchev–Trinajstić information content (AvgIpc) is 3.35. The Balaban J connectivity index is 1.52. The largest absolute Gasteiger partial charge is 0.508 e. The number of hydrogen-bond acceptors (Lipinski definition) is 7. The minimum Gasteiger partial charge on any atom is -0.508 e. The van der Waals surface area contributed by atoms with Crippen LogP contribution in [-0.2, 0) is 20.8 Å². The summed E-state index contributed by atoms with van der Waals surface area (Å²) < 4.78 is 0. The van der Waals surface area contributed by atoms with Crippen molar-refractivity contribution in [2.45, 2.75) is 79.2 Å². The number of rotatable bonds is 4. The molecule has 0 heterocycles. The topological polar surface area (TPSA) is 132 Å². The first-order valence-electron chi connectivity index (χ1n) is 15.9. The SMILES string of the molecule is CC(=O)C1=C(O)[C@]2(O)C(=O)C3=C(O)c4c(O)ccc(-c5ccc(C=C6CCCC6C)cc5)c4C[C@]3(C)C[C@]2(C)C(C(C)C)C1=O. The molecule has 7 heteroatoms. The van der Waals surface area contributed by atoms with Crippen LogP contribution in [0.3, 0.4) is 0 Å². The van der Waals surface area contributed by atoms with E-state index in [9.17, 15) is 34.8 Å². The number of aliphatic hydroxyl groups is 3. The molecule has 0 spiro atoms. The second kappa shape index (κ2) is 10.3. The summed E-state index contributed by atoms with van der Waals surface area (Å²) in [4.78, 5) is 40.8. The number of phenolic OH excluding ortho intramolecular Hbond substituents is 1. The first-order chi connectivity index (χ1) is 21.1. The maximum absolute atomic E-state index is 14.5. The van der Waals surface area contributed by atoms with Crippen LogP contribution in [0.2, 0.25) is 0 Å². The number of fused-ring (bicyclic) bond motifs is 3. The van der Waals surface area contributed by atoms with Gasteiger partial charge in [0, 0.05) is 22.3 Å². The van der Waals surface area contributed by atoms with Crippen LogP contribution in [0.4, 0.5) is 0 Å². The number of allylic oxidation sites excluding steroid dienone is 2. The van der Waals surface area contributed by atoms with Crippen LogP contribution in [0.15, 0.2) is 58.9 Å². The van der Waals surface area contributed by atoms with Gasteiger partial charge < -0.3 is 20.4 Å². The molecule has 45 heavy (non-hydrogen) atoms. The van der Waals surface area contributed by atoms with E-state index in [1.165, 1.54) is 24.5 Å². The zero-order valence-electron chi connectivity index (χ0n) is 26.8. The van der Waals surface area contributed by atoms with E-state index in [0.29, 0.717) is 11.5 Å². The Labute approximate surface area is 264 Å². The van der Waals surface area contributed by atoms with Crippen LogP contribution in [0, 0.1) is 28.6 Å². The molecule has 2 fully saturated rings. The zero-order chi connectivity index (χ0) is 32.8. The van der Waals surface area contributed by atoms with E-state index >= 15 is 0 Å². The lowest BCUT2D eigenvalue weighted by atomic mass is 9.43. The van der Waals surface area contributed by atoms with Crippen LogP contribution in [0.25, 0.3) is 23.0 Å². The fraction of sp³-hybridized carbons (Fsp3) is 0.447. The van der Waals surface area contributed by atoms with Crippen LogP contribution >= 0.6 is 0 Å². The molecule has 0 bridgehead atoms. The van der Waals surface area contributed by atoms with Crippen LogP contribution in [0.5, 0.6) is 5.75 Å². The van der Waals surface area contributed by atoms with Crippen molar-refractivity contribution >= 4 is 29.2 Å². The van der Waals surface area contributed by atoms with E-state index in [-0.39, 0.29) is 35.6 Å². The number of benzene rings is 2. The van der Waals surface area contributed by atoms with E-state index in [4.69, 9.17) is 0 Å². The molecule has 2 aromatic rings. The Morgan fingerprint density at radius 2 is 1.69 bits per heavy atom. The minimum atomic E-state index is -2.62. The molecular formula is C38H42O7. The van der Waals surface area contributed by atoms with Gasteiger partial charge >= 0.3 is 0 Å². The van der Waals surface area contributed by atoms with Gasteiger partial charge in [-0.3, -0.25) is 14.4 Å². The number of aliphatic hydroxyl groups excluding tert-OH is 2. The van der Waals surface area contributed by atoms with Gasteiger partial charge in [0.1, 0.15) is 22.8 Å². The molecule has 0 aliphatic heterocycles. The van der Waals surface area contributed by atoms with E-state index in [1.54, 1.807) is 26.8 Å². The lowest BCUT2D eigenvalue weighted by molar-refractivity contribution is -0.178. The maximum atomic E-state index is 14.5. The van der Waals surface area contributed by atoms with Crippen molar-refractivity contribution in [2.75, 3.05) is 0 Å². The lowest BCUT2D eigenvalue weighted by Gasteiger charge is -2.59. The summed E-state index contributed by atoms with van der Waals surface area (Å²) in [6.45, 7) is 10.4. The Hall–Kier alpha value is -3.97. The van der Waals surface area contributed by atoms with Crippen LogP contribution in [0.1, 0.15) is 83.9 Å². The summed E-state index contributed by atoms with van der Waals surface area (Å²) in [7, 11) is 0. The lowest BCUT2D eigenvalue weighted by Crippen LogP contribution is -2.69. The van der Waals surface area contributed by atoms with Crippen molar-refractivity contribution in [3.63, 3.8) is 0 Å². The quantitative estimate of drug-likeness (QED) is 0.273. The van der Waals surface area contributed by atoms with Crippen molar-refractivity contribution in [3.8, 4) is 16.9 Å². The highest BCUT2D eigenvalue weighted by atomic mass is 16.3. The average molecular weight is 611 g/mol. The first-order valence-corrected chi connectivity index (χ1v) is 15.9. The van der Waals surface area contributed by atoms with Gasteiger partial charge in [0.25, 0.3) is 0 Å². The van der Waals surface area contributed by atoms with Gasteiger partial charge in [-0.25, -0.2) is 0 Å². The van der Waals surface area contributed by atoms with Crippen molar-refractivity contribution in [3.05, 3.63) is 75.6 Å². The molecule has 4 aliphatic rings. The van der Waals surface area contributed by atoms with Gasteiger partial charge in [0.05, 0.1) is 5.56 Å². The predicted octanol–water partition coefficient (Wildman–Crippen LogP) is 7.06. The van der Waals surface area contributed by atoms with E-state index in [0.717, 1.165) is 30.0 Å². The van der Waals surface area contributed by atoms with Gasteiger partial charge in [-0.05, 0) is 79.2 Å².